The highest BCUT2D eigenvalue weighted by molar-refractivity contribution is 8.00. The minimum atomic E-state index is -0.269. The maximum atomic E-state index is 12.5. The first-order chi connectivity index (χ1) is 12.8. The molecule has 0 saturated heterocycles. The van der Waals surface area contributed by atoms with Crippen LogP contribution in [0, 0.1) is 5.92 Å². The minimum absolute atomic E-state index is 0.0601. The smallest absolute Gasteiger partial charge is 0.255 e. The predicted octanol–water partition coefficient (Wildman–Crippen LogP) is 3.97. The zero-order valence-electron chi connectivity index (χ0n) is 15.3. The van der Waals surface area contributed by atoms with Gasteiger partial charge in [-0.3, -0.25) is 14.4 Å². The lowest BCUT2D eigenvalue weighted by Crippen LogP contribution is -2.26. The molecule has 6 nitrogen and oxygen atoms in total. The van der Waals surface area contributed by atoms with Gasteiger partial charge in [0, 0.05) is 27.8 Å². The van der Waals surface area contributed by atoms with Crippen molar-refractivity contribution in [1.82, 2.24) is 0 Å². The Morgan fingerprint density at radius 3 is 2.30 bits per heavy atom. The van der Waals surface area contributed by atoms with E-state index in [0.29, 0.717) is 22.6 Å². The van der Waals surface area contributed by atoms with Crippen molar-refractivity contribution in [2.75, 3.05) is 16.0 Å². The summed E-state index contributed by atoms with van der Waals surface area (Å²) in [6, 6.07) is 12.2. The Kier molecular flexibility index (Phi) is 5.51. The van der Waals surface area contributed by atoms with Crippen LogP contribution in [0.5, 0.6) is 0 Å². The van der Waals surface area contributed by atoms with Crippen LogP contribution in [0.4, 0.5) is 17.1 Å². The number of thioether (sulfide) groups is 1. The monoisotopic (exact) mass is 383 g/mol. The lowest BCUT2D eigenvalue weighted by atomic mass is 10.1. The van der Waals surface area contributed by atoms with Crippen LogP contribution >= 0.6 is 11.8 Å². The van der Waals surface area contributed by atoms with E-state index in [1.54, 1.807) is 36.4 Å². The van der Waals surface area contributed by atoms with Crippen LogP contribution in [0.3, 0.4) is 0 Å². The Labute approximate surface area is 162 Å². The quantitative estimate of drug-likeness (QED) is 0.746. The van der Waals surface area contributed by atoms with E-state index < -0.39 is 0 Å². The number of hydrogen-bond acceptors (Lipinski definition) is 4. The Hall–Kier alpha value is -2.80. The molecule has 3 amide bonds. The third-order valence-corrected chi connectivity index (χ3v) is 5.28. The molecule has 1 heterocycles. The number of anilines is 3. The second kappa shape index (κ2) is 7.84. The molecule has 3 N–H and O–H groups in total. The van der Waals surface area contributed by atoms with Gasteiger partial charge >= 0.3 is 0 Å². The van der Waals surface area contributed by atoms with Gasteiger partial charge in [0.1, 0.15) is 0 Å². The van der Waals surface area contributed by atoms with Crippen LogP contribution in [-0.2, 0) is 9.59 Å². The van der Waals surface area contributed by atoms with E-state index in [1.165, 1.54) is 11.8 Å². The fourth-order valence-electron chi connectivity index (χ4n) is 2.48. The summed E-state index contributed by atoms with van der Waals surface area (Å²) in [6.45, 7) is 5.49. The highest BCUT2D eigenvalue weighted by Crippen LogP contribution is 2.36. The Morgan fingerprint density at radius 2 is 1.67 bits per heavy atom. The molecular weight excluding hydrogens is 362 g/mol. The highest BCUT2D eigenvalue weighted by Gasteiger charge is 2.23. The summed E-state index contributed by atoms with van der Waals surface area (Å²) < 4.78 is 0. The van der Waals surface area contributed by atoms with Crippen LogP contribution in [0.25, 0.3) is 0 Å². The zero-order chi connectivity index (χ0) is 19.6. The Bertz CT molecular complexity index is 894. The first-order valence-corrected chi connectivity index (χ1v) is 9.55. The van der Waals surface area contributed by atoms with Crippen molar-refractivity contribution in [3.8, 4) is 0 Å². The first kappa shape index (κ1) is 19.0. The summed E-state index contributed by atoms with van der Waals surface area (Å²) in [6.07, 6.45) is 0. The average molecular weight is 383 g/mol. The standard InChI is InChI=1S/C20H21N3O3S/c1-11(2)18(24)21-14-5-7-15(8-6-14)22-20(26)13-4-9-17-16(10-13)23-19(25)12(3)27-17/h4-12H,1-3H3,(H,21,24)(H,22,26)(H,23,25)/t12-/m0/s1. The second-order valence-corrected chi connectivity index (χ2v) is 8.02. The van der Waals surface area contributed by atoms with Gasteiger partial charge in [-0.15, -0.1) is 11.8 Å². The van der Waals surface area contributed by atoms with Crippen LogP contribution in [0.2, 0.25) is 0 Å². The summed E-state index contributed by atoms with van der Waals surface area (Å²) >= 11 is 1.47. The van der Waals surface area contributed by atoms with E-state index in [0.717, 1.165) is 4.90 Å². The number of rotatable bonds is 4. The first-order valence-electron chi connectivity index (χ1n) is 8.67. The van der Waals surface area contributed by atoms with Gasteiger partial charge < -0.3 is 16.0 Å². The van der Waals surface area contributed by atoms with E-state index in [9.17, 15) is 14.4 Å². The molecule has 0 unspecified atom stereocenters. The maximum Gasteiger partial charge on any atom is 0.255 e. The highest BCUT2D eigenvalue weighted by atomic mass is 32.2. The van der Waals surface area contributed by atoms with Gasteiger partial charge in [0.25, 0.3) is 5.91 Å². The van der Waals surface area contributed by atoms with Gasteiger partial charge in [-0.1, -0.05) is 13.8 Å². The number of fused-ring (bicyclic) bond motifs is 1. The number of carbonyl (C=O) groups is 3. The lowest BCUT2D eigenvalue weighted by Gasteiger charge is -2.21. The van der Waals surface area contributed by atoms with Crippen molar-refractivity contribution in [3.05, 3.63) is 48.0 Å². The van der Waals surface area contributed by atoms with Gasteiger partial charge in [-0.05, 0) is 49.4 Å². The van der Waals surface area contributed by atoms with E-state index in [1.807, 2.05) is 26.8 Å². The van der Waals surface area contributed by atoms with E-state index >= 15 is 0 Å². The molecule has 0 aliphatic carbocycles. The number of amides is 3. The van der Waals surface area contributed by atoms with Gasteiger partial charge in [0.15, 0.2) is 0 Å². The zero-order valence-corrected chi connectivity index (χ0v) is 16.1. The predicted molar refractivity (Wildman–Crippen MR) is 108 cm³/mol. The molecule has 0 saturated carbocycles. The van der Waals surface area contributed by atoms with Gasteiger partial charge in [-0.2, -0.15) is 0 Å². The molecule has 2 aromatic rings. The fourth-order valence-corrected chi connectivity index (χ4v) is 3.41. The summed E-state index contributed by atoms with van der Waals surface area (Å²) in [4.78, 5) is 37.0. The SMILES string of the molecule is CC(C)C(=O)Nc1ccc(NC(=O)c2ccc3c(c2)NC(=O)[C@H](C)S3)cc1. The molecule has 2 aromatic carbocycles. The molecule has 0 bridgehead atoms. The molecule has 0 radical (unpaired) electrons. The van der Waals surface area contributed by atoms with Crippen molar-refractivity contribution >= 4 is 46.5 Å². The number of benzene rings is 2. The van der Waals surface area contributed by atoms with Crippen molar-refractivity contribution in [3.63, 3.8) is 0 Å². The normalized spacial score (nSPS) is 15.7. The molecule has 1 atom stereocenters. The number of hydrogen-bond donors (Lipinski definition) is 3. The Morgan fingerprint density at radius 1 is 1.04 bits per heavy atom. The second-order valence-electron chi connectivity index (χ2n) is 6.64. The molecule has 1 aliphatic heterocycles. The number of carbonyl (C=O) groups excluding carboxylic acids is 3. The van der Waals surface area contributed by atoms with Gasteiger partial charge in [0.2, 0.25) is 11.8 Å². The van der Waals surface area contributed by atoms with Crippen molar-refractivity contribution < 1.29 is 14.4 Å². The maximum absolute atomic E-state index is 12.5. The van der Waals surface area contributed by atoms with E-state index in [2.05, 4.69) is 16.0 Å². The summed E-state index contributed by atoms with van der Waals surface area (Å²) in [7, 11) is 0. The summed E-state index contributed by atoms with van der Waals surface area (Å²) in [5.41, 5.74) is 2.41. The summed E-state index contributed by atoms with van der Waals surface area (Å²) in [5.74, 6) is -0.496. The third-order valence-electron chi connectivity index (χ3n) is 4.11. The molecule has 0 fully saturated rings. The molecular formula is C20H21N3O3S. The fraction of sp³-hybridized carbons (Fsp3) is 0.250. The van der Waals surface area contributed by atoms with Crippen molar-refractivity contribution in [2.45, 2.75) is 30.9 Å². The minimum Gasteiger partial charge on any atom is -0.326 e. The molecule has 3 rings (SSSR count). The van der Waals surface area contributed by atoms with Crippen molar-refractivity contribution in [1.29, 1.82) is 0 Å². The Balaban J connectivity index is 1.68. The molecule has 27 heavy (non-hydrogen) atoms. The van der Waals surface area contributed by atoms with Crippen LogP contribution in [0.1, 0.15) is 31.1 Å². The third kappa shape index (κ3) is 4.49. The van der Waals surface area contributed by atoms with Gasteiger partial charge in [-0.25, -0.2) is 0 Å². The van der Waals surface area contributed by atoms with Crippen molar-refractivity contribution in [2.24, 2.45) is 5.92 Å². The molecule has 7 heteroatoms. The molecule has 1 aliphatic rings. The molecule has 0 spiro atoms. The van der Waals surface area contributed by atoms with Crippen LogP contribution < -0.4 is 16.0 Å². The molecule has 140 valence electrons. The topological polar surface area (TPSA) is 87.3 Å². The van der Waals surface area contributed by atoms with E-state index in [-0.39, 0.29) is 28.9 Å². The van der Waals surface area contributed by atoms with Crippen LogP contribution in [0.15, 0.2) is 47.4 Å². The number of nitrogens with one attached hydrogen (secondary N) is 3. The van der Waals surface area contributed by atoms with Gasteiger partial charge in [0.05, 0.1) is 10.9 Å². The lowest BCUT2D eigenvalue weighted by molar-refractivity contribution is -0.119. The van der Waals surface area contributed by atoms with Crippen LogP contribution in [-0.4, -0.2) is 23.0 Å². The summed E-state index contributed by atoms with van der Waals surface area (Å²) in [5, 5.41) is 8.30. The van der Waals surface area contributed by atoms with E-state index in [4.69, 9.17) is 0 Å². The molecule has 0 aromatic heterocycles. The largest absolute Gasteiger partial charge is 0.326 e. The average Bonchev–Trinajstić information content (AvgIpc) is 2.63.